The lowest BCUT2D eigenvalue weighted by Crippen LogP contribution is -2.13. The summed E-state index contributed by atoms with van der Waals surface area (Å²) < 4.78 is 10.7. The quantitative estimate of drug-likeness (QED) is 0.717. The van der Waals surface area contributed by atoms with Crippen molar-refractivity contribution in [2.45, 2.75) is 25.7 Å². The van der Waals surface area contributed by atoms with Crippen LogP contribution in [-0.2, 0) is 12.8 Å². The van der Waals surface area contributed by atoms with Gasteiger partial charge < -0.3 is 14.5 Å². The third kappa shape index (κ3) is 3.50. The Morgan fingerprint density at radius 2 is 1.62 bits per heavy atom. The van der Waals surface area contributed by atoms with E-state index in [9.17, 15) is 10.1 Å². The minimum Gasteiger partial charge on any atom is -0.493 e. The lowest BCUT2D eigenvalue weighted by atomic mass is 9.89. The Morgan fingerprint density at radius 3 is 2.34 bits per heavy atom. The molecule has 0 fully saturated rings. The number of nitrogens with zero attached hydrogens (tertiary/aromatic N) is 1. The summed E-state index contributed by atoms with van der Waals surface area (Å²) >= 11 is 0. The van der Waals surface area contributed by atoms with Crippen LogP contribution in [0, 0.1) is 11.3 Å². The van der Waals surface area contributed by atoms with Gasteiger partial charge in [-0.3, -0.25) is 4.79 Å². The van der Waals surface area contributed by atoms with Crippen LogP contribution in [0.15, 0.2) is 47.3 Å². The molecule has 0 saturated heterocycles. The molecule has 0 atom stereocenters. The third-order valence-electron chi connectivity index (χ3n) is 5.50. The van der Waals surface area contributed by atoms with Crippen LogP contribution < -0.4 is 15.0 Å². The molecule has 5 nitrogen and oxygen atoms in total. The number of nitrogens with one attached hydrogen (secondary N) is 1. The summed E-state index contributed by atoms with van der Waals surface area (Å²) in [5.74, 6) is 1.14. The predicted molar refractivity (Wildman–Crippen MR) is 112 cm³/mol. The normalized spacial score (nSPS) is 12.7. The Balaban J connectivity index is 1.87. The van der Waals surface area contributed by atoms with Gasteiger partial charge in [-0.15, -0.1) is 0 Å². The standard InChI is InChI=1S/C24H22N2O3/c1-28-22-10-9-17(12-23(22)29-2)19-13-21(26-24(27)20(19)14-25)18-8-7-15-5-3-4-6-16(15)11-18/h7-13H,3-6H2,1-2H3,(H,26,27). The molecule has 29 heavy (non-hydrogen) atoms. The molecule has 3 aromatic rings. The van der Waals surface area contributed by atoms with E-state index in [1.54, 1.807) is 26.4 Å². The summed E-state index contributed by atoms with van der Waals surface area (Å²) in [6, 6.07) is 15.6. The minimum absolute atomic E-state index is 0.0823. The van der Waals surface area contributed by atoms with Crippen molar-refractivity contribution >= 4 is 0 Å². The second-order valence-electron chi connectivity index (χ2n) is 7.17. The maximum absolute atomic E-state index is 12.7. The molecule has 5 heteroatoms. The fourth-order valence-electron chi connectivity index (χ4n) is 3.96. The van der Waals surface area contributed by atoms with E-state index in [4.69, 9.17) is 9.47 Å². The molecule has 0 amide bonds. The zero-order chi connectivity index (χ0) is 20.4. The number of H-pyrrole nitrogens is 1. The van der Waals surface area contributed by atoms with Crippen molar-refractivity contribution in [2.24, 2.45) is 0 Å². The van der Waals surface area contributed by atoms with E-state index < -0.39 is 5.56 Å². The number of methoxy groups -OCH3 is 2. The second-order valence-corrected chi connectivity index (χ2v) is 7.17. The highest BCUT2D eigenvalue weighted by Gasteiger charge is 2.16. The molecule has 4 rings (SSSR count). The van der Waals surface area contributed by atoms with Crippen LogP contribution in [0.1, 0.15) is 29.5 Å². The number of rotatable bonds is 4. The molecule has 0 spiro atoms. The smallest absolute Gasteiger partial charge is 0.266 e. The molecule has 146 valence electrons. The molecule has 0 radical (unpaired) electrons. The molecule has 1 aliphatic carbocycles. The Hall–Kier alpha value is -3.52. The summed E-state index contributed by atoms with van der Waals surface area (Å²) in [4.78, 5) is 15.5. The molecule has 1 N–H and O–H groups in total. The monoisotopic (exact) mass is 386 g/mol. The molecule has 2 aromatic carbocycles. The zero-order valence-electron chi connectivity index (χ0n) is 16.5. The maximum atomic E-state index is 12.7. The molecule has 1 aromatic heterocycles. The van der Waals surface area contributed by atoms with Gasteiger partial charge in [0, 0.05) is 11.3 Å². The number of hydrogen-bond acceptors (Lipinski definition) is 4. The molecule has 1 aliphatic rings. The first-order valence-electron chi connectivity index (χ1n) is 9.66. The lowest BCUT2D eigenvalue weighted by Gasteiger charge is -2.17. The van der Waals surface area contributed by atoms with Gasteiger partial charge in [0.05, 0.1) is 14.2 Å². The van der Waals surface area contributed by atoms with Crippen LogP contribution in [0.5, 0.6) is 11.5 Å². The van der Waals surface area contributed by atoms with Gasteiger partial charge >= 0.3 is 0 Å². The van der Waals surface area contributed by atoms with Gasteiger partial charge in [0.2, 0.25) is 0 Å². The van der Waals surface area contributed by atoms with Crippen molar-refractivity contribution in [2.75, 3.05) is 14.2 Å². The minimum atomic E-state index is -0.396. The number of pyridine rings is 1. The van der Waals surface area contributed by atoms with E-state index in [1.165, 1.54) is 24.0 Å². The average Bonchev–Trinajstić information content (AvgIpc) is 2.77. The highest BCUT2D eigenvalue weighted by molar-refractivity contribution is 5.77. The number of fused-ring (bicyclic) bond motifs is 1. The van der Waals surface area contributed by atoms with Gasteiger partial charge in [-0.1, -0.05) is 18.2 Å². The molecular formula is C24H22N2O3. The van der Waals surface area contributed by atoms with Gasteiger partial charge in [-0.05, 0) is 72.2 Å². The van der Waals surface area contributed by atoms with Crippen molar-refractivity contribution in [1.29, 1.82) is 5.26 Å². The van der Waals surface area contributed by atoms with Crippen LogP contribution in [0.2, 0.25) is 0 Å². The fourth-order valence-corrected chi connectivity index (χ4v) is 3.96. The average molecular weight is 386 g/mol. The van der Waals surface area contributed by atoms with Crippen molar-refractivity contribution < 1.29 is 9.47 Å². The molecule has 0 aliphatic heterocycles. The van der Waals surface area contributed by atoms with E-state index in [0.717, 1.165) is 24.0 Å². The number of ether oxygens (including phenoxy) is 2. The first-order valence-corrected chi connectivity index (χ1v) is 9.66. The van der Waals surface area contributed by atoms with Crippen LogP contribution in [0.4, 0.5) is 0 Å². The van der Waals surface area contributed by atoms with Gasteiger partial charge in [-0.2, -0.15) is 5.26 Å². The Morgan fingerprint density at radius 1 is 0.897 bits per heavy atom. The van der Waals surface area contributed by atoms with Crippen LogP contribution in [0.3, 0.4) is 0 Å². The van der Waals surface area contributed by atoms with Crippen LogP contribution in [-0.4, -0.2) is 19.2 Å². The van der Waals surface area contributed by atoms with E-state index in [-0.39, 0.29) is 5.56 Å². The summed E-state index contributed by atoms with van der Waals surface area (Å²) in [5, 5.41) is 9.58. The van der Waals surface area contributed by atoms with Gasteiger partial charge in [0.15, 0.2) is 11.5 Å². The largest absolute Gasteiger partial charge is 0.493 e. The molecule has 1 heterocycles. The summed E-state index contributed by atoms with van der Waals surface area (Å²) in [6.45, 7) is 0. The van der Waals surface area contributed by atoms with Crippen LogP contribution in [0.25, 0.3) is 22.4 Å². The number of hydrogen-bond donors (Lipinski definition) is 1. The number of aromatic amines is 1. The summed E-state index contributed by atoms with van der Waals surface area (Å²) in [6.07, 6.45) is 4.59. The molecule has 0 bridgehead atoms. The fraction of sp³-hybridized carbons (Fsp3) is 0.250. The summed E-state index contributed by atoms with van der Waals surface area (Å²) in [5.41, 5.74) is 5.37. The maximum Gasteiger partial charge on any atom is 0.266 e. The highest BCUT2D eigenvalue weighted by Crippen LogP contribution is 2.34. The Kier molecular flexibility index (Phi) is 5.09. The SMILES string of the molecule is COc1ccc(-c2cc(-c3ccc4c(c3)CCCC4)[nH]c(=O)c2C#N)cc1OC. The number of aromatic nitrogens is 1. The van der Waals surface area contributed by atoms with Gasteiger partial charge in [0.25, 0.3) is 5.56 Å². The Labute approximate surface area is 169 Å². The Bertz CT molecular complexity index is 1170. The van der Waals surface area contributed by atoms with Gasteiger partial charge in [-0.25, -0.2) is 0 Å². The first-order chi connectivity index (χ1) is 14.1. The zero-order valence-corrected chi connectivity index (χ0v) is 16.5. The van der Waals surface area contributed by atoms with Crippen LogP contribution >= 0.6 is 0 Å². The highest BCUT2D eigenvalue weighted by atomic mass is 16.5. The topological polar surface area (TPSA) is 75.1 Å². The third-order valence-corrected chi connectivity index (χ3v) is 5.50. The number of benzene rings is 2. The van der Waals surface area contributed by atoms with Crippen molar-refractivity contribution in [3.63, 3.8) is 0 Å². The molecular weight excluding hydrogens is 364 g/mol. The number of nitriles is 1. The van der Waals surface area contributed by atoms with Crippen molar-refractivity contribution in [1.82, 2.24) is 4.98 Å². The first kappa shape index (κ1) is 18.8. The molecule has 0 saturated carbocycles. The van der Waals surface area contributed by atoms with E-state index in [1.807, 2.05) is 24.3 Å². The van der Waals surface area contributed by atoms with Crippen molar-refractivity contribution in [3.05, 3.63) is 69.5 Å². The second kappa shape index (κ2) is 7.84. The van der Waals surface area contributed by atoms with Crippen molar-refractivity contribution in [3.8, 4) is 40.0 Å². The molecule has 0 unspecified atom stereocenters. The predicted octanol–water partition coefficient (Wildman–Crippen LogP) is 4.48. The lowest BCUT2D eigenvalue weighted by molar-refractivity contribution is 0.355. The number of aryl methyl sites for hydroxylation is 2. The van der Waals surface area contributed by atoms with E-state index in [0.29, 0.717) is 22.8 Å². The summed E-state index contributed by atoms with van der Waals surface area (Å²) in [7, 11) is 3.13. The van der Waals surface area contributed by atoms with Gasteiger partial charge in [0.1, 0.15) is 11.6 Å². The van der Waals surface area contributed by atoms with E-state index >= 15 is 0 Å². The van der Waals surface area contributed by atoms with E-state index in [2.05, 4.69) is 17.1 Å².